The predicted octanol–water partition coefficient (Wildman–Crippen LogP) is 6.17. The summed E-state index contributed by atoms with van der Waals surface area (Å²) in [4.78, 5) is 12.4. The molecule has 7 nitrogen and oxygen atoms in total. The van der Waals surface area contributed by atoms with Gasteiger partial charge in [0.2, 0.25) is 5.91 Å². The molecule has 1 amide bonds. The number of nitrogens with one attached hydrogen (secondary N) is 1. The SMILES string of the molecule is C=CCCC(=O)N[C@H]1[C@@H](OCCCCCCCCCCCCCCCC)O[C@@H]2COC(C)(C)O[C@H]2[C@@H]1O. The van der Waals surface area contributed by atoms with Gasteiger partial charge >= 0.3 is 0 Å². The first kappa shape index (κ1) is 32.2. The summed E-state index contributed by atoms with van der Waals surface area (Å²) in [6.07, 6.45) is 18.1. The second-order valence-corrected chi connectivity index (χ2v) is 11.2. The van der Waals surface area contributed by atoms with Crippen molar-refractivity contribution in [3.63, 3.8) is 0 Å². The number of amides is 1. The molecule has 0 aliphatic carbocycles. The number of hydrogen-bond acceptors (Lipinski definition) is 6. The van der Waals surface area contributed by atoms with Gasteiger partial charge in [-0.15, -0.1) is 6.58 Å². The number of aliphatic hydroxyl groups excluding tert-OH is 1. The van der Waals surface area contributed by atoms with Crippen LogP contribution in [0.5, 0.6) is 0 Å². The van der Waals surface area contributed by atoms with E-state index in [2.05, 4.69) is 18.8 Å². The molecule has 0 unspecified atom stereocenters. The average molecular weight is 526 g/mol. The fourth-order valence-electron chi connectivity index (χ4n) is 5.13. The molecule has 2 fully saturated rings. The summed E-state index contributed by atoms with van der Waals surface area (Å²) < 4.78 is 23.8. The lowest BCUT2D eigenvalue weighted by atomic mass is 9.95. The van der Waals surface area contributed by atoms with Crippen molar-refractivity contribution in [2.24, 2.45) is 0 Å². The number of unbranched alkanes of at least 4 members (excludes halogenated alkanes) is 13. The first-order valence-corrected chi connectivity index (χ1v) is 15.0. The van der Waals surface area contributed by atoms with Gasteiger partial charge in [-0.2, -0.15) is 0 Å². The summed E-state index contributed by atoms with van der Waals surface area (Å²) in [7, 11) is 0. The van der Waals surface area contributed by atoms with Crippen molar-refractivity contribution in [2.45, 2.75) is 160 Å². The third-order valence-corrected chi connectivity index (χ3v) is 7.37. The van der Waals surface area contributed by atoms with Crippen molar-refractivity contribution in [1.29, 1.82) is 0 Å². The lowest BCUT2D eigenvalue weighted by Gasteiger charge is -2.49. The largest absolute Gasteiger partial charge is 0.388 e. The van der Waals surface area contributed by atoms with Gasteiger partial charge in [-0.1, -0.05) is 96.5 Å². The van der Waals surface area contributed by atoms with E-state index in [4.69, 9.17) is 18.9 Å². The fraction of sp³-hybridized carbons (Fsp3) is 0.900. The molecule has 7 heteroatoms. The summed E-state index contributed by atoms with van der Waals surface area (Å²) in [6, 6.07) is -0.695. The number of carbonyl (C=O) groups is 1. The molecule has 0 bridgehead atoms. The van der Waals surface area contributed by atoms with Crippen LogP contribution in [0.15, 0.2) is 12.7 Å². The number of carbonyl (C=O) groups excluding carboxylic acids is 1. The zero-order valence-corrected chi connectivity index (χ0v) is 23.9. The number of rotatable bonds is 20. The van der Waals surface area contributed by atoms with Crippen molar-refractivity contribution >= 4 is 5.91 Å². The molecular formula is C30H55NO6. The van der Waals surface area contributed by atoms with Crippen molar-refractivity contribution < 1.29 is 28.8 Å². The van der Waals surface area contributed by atoms with E-state index in [0.717, 1.165) is 12.8 Å². The van der Waals surface area contributed by atoms with Crippen LogP contribution in [0, 0.1) is 0 Å². The summed E-state index contributed by atoms with van der Waals surface area (Å²) in [5.74, 6) is -0.979. The minimum atomic E-state index is -0.948. The van der Waals surface area contributed by atoms with Crippen LogP contribution in [-0.4, -0.2) is 60.7 Å². The van der Waals surface area contributed by atoms with Crippen LogP contribution < -0.4 is 5.32 Å². The fourth-order valence-corrected chi connectivity index (χ4v) is 5.13. The van der Waals surface area contributed by atoms with Crippen molar-refractivity contribution in [1.82, 2.24) is 5.32 Å². The maximum Gasteiger partial charge on any atom is 0.220 e. The van der Waals surface area contributed by atoms with Crippen LogP contribution in [0.3, 0.4) is 0 Å². The number of fused-ring (bicyclic) bond motifs is 1. The van der Waals surface area contributed by atoms with Gasteiger partial charge in [-0.3, -0.25) is 4.79 Å². The quantitative estimate of drug-likeness (QED) is 0.146. The van der Waals surface area contributed by atoms with Crippen molar-refractivity contribution in [3.05, 3.63) is 12.7 Å². The first-order valence-electron chi connectivity index (χ1n) is 15.0. The Morgan fingerprint density at radius 1 is 1.00 bits per heavy atom. The van der Waals surface area contributed by atoms with E-state index in [0.29, 0.717) is 26.1 Å². The highest BCUT2D eigenvalue weighted by atomic mass is 16.8. The van der Waals surface area contributed by atoms with Gasteiger partial charge in [0, 0.05) is 13.0 Å². The van der Waals surface area contributed by atoms with Crippen LogP contribution in [-0.2, 0) is 23.7 Å². The Bertz CT molecular complexity index is 627. The third kappa shape index (κ3) is 12.6. The van der Waals surface area contributed by atoms with Crippen LogP contribution in [0.4, 0.5) is 0 Å². The van der Waals surface area contributed by atoms with Gasteiger partial charge in [0.05, 0.1) is 6.61 Å². The average Bonchev–Trinajstić information content (AvgIpc) is 2.87. The van der Waals surface area contributed by atoms with Gasteiger partial charge in [0.25, 0.3) is 0 Å². The third-order valence-electron chi connectivity index (χ3n) is 7.37. The second-order valence-electron chi connectivity index (χ2n) is 11.2. The van der Waals surface area contributed by atoms with Gasteiger partial charge < -0.3 is 29.4 Å². The lowest BCUT2D eigenvalue weighted by Crippen LogP contribution is -2.68. The van der Waals surface area contributed by atoms with Crippen LogP contribution in [0.25, 0.3) is 0 Å². The van der Waals surface area contributed by atoms with Crippen LogP contribution in [0.1, 0.15) is 124 Å². The van der Waals surface area contributed by atoms with E-state index in [1.807, 2.05) is 13.8 Å². The van der Waals surface area contributed by atoms with E-state index >= 15 is 0 Å². The number of allylic oxidation sites excluding steroid dienone is 1. The van der Waals surface area contributed by atoms with E-state index < -0.39 is 36.4 Å². The number of aliphatic hydroxyl groups is 1. The zero-order valence-electron chi connectivity index (χ0n) is 23.9. The molecular weight excluding hydrogens is 470 g/mol. The minimum Gasteiger partial charge on any atom is -0.388 e. The number of ether oxygens (including phenoxy) is 4. The Balaban J connectivity index is 1.64. The molecule has 2 rings (SSSR count). The molecule has 2 N–H and O–H groups in total. The molecule has 2 saturated heterocycles. The Morgan fingerprint density at radius 2 is 1.57 bits per heavy atom. The Kier molecular flexibility index (Phi) is 16.0. The van der Waals surface area contributed by atoms with Crippen molar-refractivity contribution in [3.8, 4) is 0 Å². The van der Waals surface area contributed by atoms with Crippen LogP contribution >= 0.6 is 0 Å². The highest BCUT2D eigenvalue weighted by molar-refractivity contribution is 5.76. The Labute approximate surface area is 226 Å². The van der Waals surface area contributed by atoms with E-state index in [9.17, 15) is 9.90 Å². The van der Waals surface area contributed by atoms with Gasteiger partial charge in [0.15, 0.2) is 12.1 Å². The molecule has 5 atom stereocenters. The first-order chi connectivity index (χ1) is 17.9. The topological polar surface area (TPSA) is 86.3 Å². The van der Waals surface area contributed by atoms with Gasteiger partial charge in [-0.05, 0) is 26.7 Å². The molecule has 216 valence electrons. The molecule has 0 radical (unpaired) electrons. The molecule has 0 aromatic heterocycles. The van der Waals surface area contributed by atoms with E-state index in [-0.39, 0.29) is 5.91 Å². The monoisotopic (exact) mass is 525 g/mol. The maximum atomic E-state index is 12.4. The predicted molar refractivity (Wildman–Crippen MR) is 147 cm³/mol. The number of hydrogen-bond donors (Lipinski definition) is 2. The summed E-state index contributed by atoms with van der Waals surface area (Å²) in [6.45, 7) is 10.4. The molecule has 37 heavy (non-hydrogen) atoms. The molecule has 0 spiro atoms. The second kappa shape index (κ2) is 18.3. The Hall–Kier alpha value is -0.990. The summed E-state index contributed by atoms with van der Waals surface area (Å²) in [5.41, 5.74) is 0. The Morgan fingerprint density at radius 3 is 2.14 bits per heavy atom. The minimum absolute atomic E-state index is 0.164. The molecule has 2 aliphatic rings. The molecule has 2 aliphatic heterocycles. The van der Waals surface area contributed by atoms with Gasteiger partial charge in [-0.25, -0.2) is 0 Å². The smallest absolute Gasteiger partial charge is 0.220 e. The molecule has 2 heterocycles. The van der Waals surface area contributed by atoms with Crippen LogP contribution in [0.2, 0.25) is 0 Å². The van der Waals surface area contributed by atoms with Gasteiger partial charge in [0.1, 0.15) is 24.4 Å². The summed E-state index contributed by atoms with van der Waals surface area (Å²) in [5, 5.41) is 14.0. The zero-order chi connectivity index (χ0) is 26.9. The standard InChI is InChI=1S/C30H55NO6/c1-5-7-9-10-11-12-13-14-15-16-17-18-19-20-22-34-29-26(31-25(32)21-8-6-2)27(33)28-24(36-29)23-35-30(3,4)37-28/h6,24,26-29,33H,2,5,7-23H2,1,3-4H3,(H,31,32)/t24-,26-,27-,28-,29+/m1/s1. The molecule has 0 aromatic rings. The maximum absolute atomic E-state index is 12.4. The molecule has 0 aromatic carbocycles. The molecule has 0 saturated carbocycles. The van der Waals surface area contributed by atoms with E-state index in [1.165, 1.54) is 77.0 Å². The van der Waals surface area contributed by atoms with E-state index in [1.54, 1.807) is 6.08 Å². The normalized spacial score (nSPS) is 27.0. The summed E-state index contributed by atoms with van der Waals surface area (Å²) >= 11 is 0. The van der Waals surface area contributed by atoms with Crippen molar-refractivity contribution in [2.75, 3.05) is 13.2 Å². The highest BCUT2D eigenvalue weighted by Crippen LogP contribution is 2.33. The lowest BCUT2D eigenvalue weighted by molar-refractivity contribution is -0.368. The highest BCUT2D eigenvalue weighted by Gasteiger charge is 2.51.